The zero-order valence-corrected chi connectivity index (χ0v) is 22.1. The Labute approximate surface area is 207 Å². The second kappa shape index (κ2) is 17.1. The Morgan fingerprint density at radius 3 is 2.09 bits per heavy atom. The number of aliphatic hydroxyl groups is 2. The largest absolute Gasteiger partial charge is 0.380 e. The predicted molar refractivity (Wildman–Crippen MR) is 141 cm³/mol. The van der Waals surface area contributed by atoms with Crippen molar-refractivity contribution in [3.63, 3.8) is 0 Å². The second-order valence-electron chi connectivity index (χ2n) is 8.47. The van der Waals surface area contributed by atoms with Crippen molar-refractivity contribution in [2.24, 2.45) is 5.92 Å². The first-order valence-corrected chi connectivity index (χ1v) is 12.4. The molecule has 2 amide bonds. The maximum atomic E-state index is 12.9. The average Bonchev–Trinajstić information content (AvgIpc) is 2.85. The molecule has 0 aromatic rings. The summed E-state index contributed by atoms with van der Waals surface area (Å²) in [5.41, 5.74) is 3.41. The third kappa shape index (κ3) is 9.82. The highest BCUT2D eigenvalue weighted by molar-refractivity contribution is 5.90. The zero-order chi connectivity index (χ0) is 26.3. The normalized spacial score (nSPS) is 15.4. The minimum absolute atomic E-state index is 0.246. The van der Waals surface area contributed by atoms with E-state index < -0.39 is 24.0 Å². The summed E-state index contributed by atoms with van der Waals surface area (Å²) in [4.78, 5) is 28.0. The van der Waals surface area contributed by atoms with Gasteiger partial charge in [0.25, 0.3) is 11.8 Å². The molecule has 3 unspecified atom stereocenters. The van der Waals surface area contributed by atoms with Crippen LogP contribution in [-0.2, 0) is 9.59 Å². The molecule has 0 aromatic carbocycles. The van der Waals surface area contributed by atoms with E-state index in [0.717, 1.165) is 30.4 Å². The molecule has 0 radical (unpaired) electrons. The van der Waals surface area contributed by atoms with E-state index in [9.17, 15) is 19.8 Å². The summed E-state index contributed by atoms with van der Waals surface area (Å²) in [5.74, 6) is -1.02. The SMILES string of the molecule is C=C\C=C/C(/C=C(\CC)C(CC)CCN(CC)C(=O)C(O)C(O)C(=O)N(C)CCC)=C(\C)C=C. The van der Waals surface area contributed by atoms with Crippen LogP contribution in [0.4, 0.5) is 0 Å². The molecule has 0 heterocycles. The number of nitrogens with zero attached hydrogens (tertiary/aromatic N) is 2. The first kappa shape index (κ1) is 31.6. The maximum absolute atomic E-state index is 12.9. The van der Waals surface area contributed by atoms with Crippen LogP contribution in [0.3, 0.4) is 0 Å². The lowest BCUT2D eigenvalue weighted by atomic mass is 9.88. The Hall–Kier alpha value is -2.44. The van der Waals surface area contributed by atoms with Gasteiger partial charge in [0.15, 0.2) is 12.2 Å². The van der Waals surface area contributed by atoms with Gasteiger partial charge in [0.1, 0.15) is 0 Å². The van der Waals surface area contributed by atoms with Crippen LogP contribution in [0.1, 0.15) is 60.3 Å². The summed E-state index contributed by atoms with van der Waals surface area (Å²) in [6, 6.07) is 0. The summed E-state index contributed by atoms with van der Waals surface area (Å²) in [7, 11) is 1.55. The molecule has 0 fully saturated rings. The molecule has 0 saturated heterocycles. The lowest BCUT2D eigenvalue weighted by molar-refractivity contribution is -0.157. The molecule has 6 heteroatoms. The van der Waals surface area contributed by atoms with Crippen molar-refractivity contribution >= 4 is 11.8 Å². The molecule has 0 saturated carbocycles. The molecule has 0 aliphatic rings. The topological polar surface area (TPSA) is 81.1 Å². The zero-order valence-electron chi connectivity index (χ0n) is 22.1. The van der Waals surface area contributed by atoms with Crippen molar-refractivity contribution in [3.8, 4) is 0 Å². The van der Waals surface area contributed by atoms with E-state index in [0.29, 0.717) is 26.1 Å². The molecular weight excluding hydrogens is 428 g/mol. The van der Waals surface area contributed by atoms with Crippen molar-refractivity contribution in [1.29, 1.82) is 0 Å². The van der Waals surface area contributed by atoms with Gasteiger partial charge in [0.2, 0.25) is 0 Å². The molecular formula is C28H46N2O4. The van der Waals surface area contributed by atoms with Gasteiger partial charge < -0.3 is 20.0 Å². The molecule has 0 aliphatic heterocycles. The molecule has 0 rings (SSSR count). The van der Waals surface area contributed by atoms with Crippen molar-refractivity contribution < 1.29 is 19.8 Å². The highest BCUT2D eigenvalue weighted by Gasteiger charge is 2.34. The van der Waals surface area contributed by atoms with Gasteiger partial charge in [-0.2, -0.15) is 0 Å². The number of carbonyl (C=O) groups excluding carboxylic acids is 2. The van der Waals surface area contributed by atoms with Crippen LogP contribution in [0, 0.1) is 5.92 Å². The number of likely N-dealkylation sites (N-methyl/N-ethyl adjacent to an activating group) is 2. The van der Waals surface area contributed by atoms with E-state index in [4.69, 9.17) is 0 Å². The molecule has 2 N–H and O–H groups in total. The number of aliphatic hydroxyl groups excluding tert-OH is 2. The fourth-order valence-corrected chi connectivity index (χ4v) is 3.81. The Balaban J connectivity index is 5.55. The van der Waals surface area contributed by atoms with Crippen LogP contribution in [-0.4, -0.2) is 70.7 Å². The predicted octanol–water partition coefficient (Wildman–Crippen LogP) is 4.42. The van der Waals surface area contributed by atoms with Crippen molar-refractivity contribution in [3.05, 3.63) is 60.3 Å². The lowest BCUT2D eigenvalue weighted by Gasteiger charge is -2.29. The minimum atomic E-state index is -1.78. The fourth-order valence-electron chi connectivity index (χ4n) is 3.81. The van der Waals surface area contributed by atoms with Gasteiger partial charge in [-0.25, -0.2) is 0 Å². The Bertz CT molecular complexity index is 766. The van der Waals surface area contributed by atoms with Crippen LogP contribution in [0.5, 0.6) is 0 Å². The van der Waals surface area contributed by atoms with Gasteiger partial charge >= 0.3 is 0 Å². The first-order valence-electron chi connectivity index (χ1n) is 12.4. The van der Waals surface area contributed by atoms with Gasteiger partial charge in [-0.15, -0.1) is 0 Å². The summed E-state index contributed by atoms with van der Waals surface area (Å²) < 4.78 is 0. The molecule has 192 valence electrons. The van der Waals surface area contributed by atoms with E-state index in [1.165, 1.54) is 15.4 Å². The second-order valence-corrected chi connectivity index (χ2v) is 8.47. The van der Waals surface area contributed by atoms with Gasteiger partial charge in [0.05, 0.1) is 0 Å². The van der Waals surface area contributed by atoms with E-state index >= 15 is 0 Å². The monoisotopic (exact) mass is 474 g/mol. The maximum Gasteiger partial charge on any atom is 0.254 e. The number of carbonyl (C=O) groups is 2. The molecule has 34 heavy (non-hydrogen) atoms. The number of rotatable bonds is 16. The molecule has 3 atom stereocenters. The van der Waals surface area contributed by atoms with E-state index in [1.807, 2.05) is 39.0 Å². The van der Waals surface area contributed by atoms with E-state index in [-0.39, 0.29) is 5.92 Å². The summed E-state index contributed by atoms with van der Waals surface area (Å²) in [6.45, 7) is 18.9. The summed E-state index contributed by atoms with van der Waals surface area (Å²) in [5, 5.41) is 20.7. The molecule has 6 nitrogen and oxygen atoms in total. The number of hydrogen-bond donors (Lipinski definition) is 2. The Morgan fingerprint density at radius 2 is 1.62 bits per heavy atom. The average molecular weight is 475 g/mol. The van der Waals surface area contributed by atoms with E-state index in [1.54, 1.807) is 13.1 Å². The van der Waals surface area contributed by atoms with Crippen molar-refractivity contribution in [2.45, 2.75) is 72.5 Å². The number of allylic oxidation sites excluding steroid dienone is 8. The fraction of sp³-hybridized carbons (Fsp3) is 0.571. The van der Waals surface area contributed by atoms with Crippen LogP contribution in [0.2, 0.25) is 0 Å². The number of amides is 2. The van der Waals surface area contributed by atoms with Crippen LogP contribution >= 0.6 is 0 Å². The molecule has 0 aliphatic carbocycles. The van der Waals surface area contributed by atoms with E-state index in [2.05, 4.69) is 33.1 Å². The summed E-state index contributed by atoms with van der Waals surface area (Å²) >= 11 is 0. The smallest absolute Gasteiger partial charge is 0.254 e. The third-order valence-electron chi connectivity index (χ3n) is 6.12. The van der Waals surface area contributed by atoms with Crippen molar-refractivity contribution in [1.82, 2.24) is 9.80 Å². The van der Waals surface area contributed by atoms with Crippen molar-refractivity contribution in [2.75, 3.05) is 26.7 Å². The Morgan fingerprint density at radius 1 is 1.00 bits per heavy atom. The molecule has 0 bridgehead atoms. The van der Waals surface area contributed by atoms with Gasteiger partial charge in [-0.1, -0.05) is 69.9 Å². The van der Waals surface area contributed by atoms with Gasteiger partial charge in [0, 0.05) is 26.7 Å². The van der Waals surface area contributed by atoms with Crippen LogP contribution in [0.25, 0.3) is 0 Å². The minimum Gasteiger partial charge on any atom is -0.380 e. The molecule has 0 aromatic heterocycles. The third-order valence-corrected chi connectivity index (χ3v) is 6.12. The van der Waals surface area contributed by atoms with Crippen LogP contribution < -0.4 is 0 Å². The highest BCUT2D eigenvalue weighted by Crippen LogP contribution is 2.26. The first-order chi connectivity index (χ1) is 16.1. The molecule has 0 spiro atoms. The Kier molecular flexibility index (Phi) is 15.8. The van der Waals surface area contributed by atoms with Gasteiger partial charge in [-0.3, -0.25) is 9.59 Å². The standard InChI is InChI=1S/C28H46N2O4/c1-9-15-16-24(21(7)11-3)20-23(13-5)22(12-4)17-19-30(14-6)28(34)26(32)25(31)27(33)29(8)18-10-2/h9,11,15-16,20,22,25-26,31-32H,1,3,10,12-14,17-19H2,2,4-8H3/b16-15-,23-20+,24-21-. The van der Waals surface area contributed by atoms with Gasteiger partial charge in [-0.05, 0) is 56.6 Å². The summed E-state index contributed by atoms with van der Waals surface area (Å²) in [6.07, 6.45) is 9.33. The lowest BCUT2D eigenvalue weighted by Crippen LogP contribution is -2.51. The van der Waals surface area contributed by atoms with Crippen LogP contribution in [0.15, 0.2) is 60.3 Å². The highest BCUT2D eigenvalue weighted by atomic mass is 16.3. The quantitative estimate of drug-likeness (QED) is 0.325. The number of hydrogen-bond acceptors (Lipinski definition) is 4.